The number of halogens is 1. The summed E-state index contributed by atoms with van der Waals surface area (Å²) in [5.74, 6) is -0.106. The number of nitriles is 2. The minimum atomic E-state index is -0.593. The second kappa shape index (κ2) is 5.20. The van der Waals surface area contributed by atoms with E-state index in [-0.39, 0.29) is 5.56 Å². The highest BCUT2D eigenvalue weighted by Crippen LogP contribution is 2.33. The summed E-state index contributed by atoms with van der Waals surface area (Å²) >= 11 is 0. The Morgan fingerprint density at radius 3 is 2.47 bits per heavy atom. The van der Waals surface area contributed by atoms with Crippen molar-refractivity contribution in [2.24, 2.45) is 0 Å². The molecule has 0 heterocycles. The van der Waals surface area contributed by atoms with Gasteiger partial charge in [-0.15, -0.1) is 0 Å². The van der Waals surface area contributed by atoms with Crippen molar-refractivity contribution in [2.75, 3.05) is 7.11 Å². The molecular formula is C15H9FN2O. The smallest absolute Gasteiger partial charge is 0.141 e. The van der Waals surface area contributed by atoms with Crippen LogP contribution in [0.4, 0.5) is 4.39 Å². The van der Waals surface area contributed by atoms with Crippen LogP contribution >= 0.6 is 0 Å². The van der Waals surface area contributed by atoms with E-state index < -0.39 is 5.82 Å². The van der Waals surface area contributed by atoms with Crippen molar-refractivity contribution in [2.45, 2.75) is 0 Å². The van der Waals surface area contributed by atoms with E-state index in [2.05, 4.69) is 0 Å². The largest absolute Gasteiger partial charge is 0.496 e. The van der Waals surface area contributed by atoms with Crippen LogP contribution in [0.5, 0.6) is 5.75 Å². The van der Waals surface area contributed by atoms with Crippen LogP contribution in [0.15, 0.2) is 36.4 Å². The van der Waals surface area contributed by atoms with E-state index in [4.69, 9.17) is 15.3 Å². The summed E-state index contributed by atoms with van der Waals surface area (Å²) in [5, 5.41) is 18.0. The van der Waals surface area contributed by atoms with Crippen LogP contribution in [-0.4, -0.2) is 7.11 Å². The van der Waals surface area contributed by atoms with Gasteiger partial charge in [-0.1, -0.05) is 12.1 Å². The summed E-state index contributed by atoms with van der Waals surface area (Å²) in [5.41, 5.74) is 1.30. The van der Waals surface area contributed by atoms with Gasteiger partial charge in [0.15, 0.2) is 0 Å². The number of methoxy groups -OCH3 is 1. The van der Waals surface area contributed by atoms with Gasteiger partial charge in [-0.2, -0.15) is 10.5 Å². The first-order valence-electron chi connectivity index (χ1n) is 5.48. The second-order valence-electron chi connectivity index (χ2n) is 3.80. The molecule has 19 heavy (non-hydrogen) atoms. The van der Waals surface area contributed by atoms with Gasteiger partial charge in [0, 0.05) is 11.1 Å². The lowest BCUT2D eigenvalue weighted by Gasteiger charge is -2.10. The van der Waals surface area contributed by atoms with Gasteiger partial charge in [0.1, 0.15) is 17.6 Å². The van der Waals surface area contributed by atoms with Gasteiger partial charge < -0.3 is 4.74 Å². The summed E-state index contributed by atoms with van der Waals surface area (Å²) in [4.78, 5) is 0. The highest BCUT2D eigenvalue weighted by Gasteiger charge is 2.14. The first kappa shape index (κ1) is 12.6. The van der Waals surface area contributed by atoms with Crippen molar-refractivity contribution in [3.8, 4) is 29.0 Å². The minimum absolute atomic E-state index is 0.0594. The molecule has 2 aromatic rings. The number of rotatable bonds is 2. The summed E-state index contributed by atoms with van der Waals surface area (Å²) < 4.78 is 18.8. The van der Waals surface area contributed by atoms with Crippen LogP contribution in [0.2, 0.25) is 0 Å². The molecule has 0 atom stereocenters. The molecule has 2 aromatic carbocycles. The van der Waals surface area contributed by atoms with Gasteiger partial charge in [-0.25, -0.2) is 4.39 Å². The molecule has 0 amide bonds. The van der Waals surface area contributed by atoms with Crippen LogP contribution in [0.25, 0.3) is 11.1 Å². The van der Waals surface area contributed by atoms with Crippen molar-refractivity contribution in [3.05, 3.63) is 53.3 Å². The van der Waals surface area contributed by atoms with Gasteiger partial charge in [0.25, 0.3) is 0 Å². The van der Waals surface area contributed by atoms with E-state index in [9.17, 15) is 4.39 Å². The van der Waals surface area contributed by atoms with Crippen LogP contribution in [0, 0.1) is 28.5 Å². The Balaban J connectivity index is 2.75. The average Bonchev–Trinajstić information content (AvgIpc) is 2.46. The molecule has 0 aliphatic carbocycles. The fraction of sp³-hybridized carbons (Fsp3) is 0.0667. The van der Waals surface area contributed by atoms with Crippen LogP contribution in [0.3, 0.4) is 0 Å². The van der Waals surface area contributed by atoms with E-state index in [1.165, 1.54) is 19.2 Å². The number of nitrogens with zero attached hydrogens (tertiary/aromatic N) is 2. The Morgan fingerprint density at radius 1 is 1.05 bits per heavy atom. The molecule has 2 rings (SSSR count). The van der Waals surface area contributed by atoms with Crippen molar-refractivity contribution in [3.63, 3.8) is 0 Å². The van der Waals surface area contributed by atoms with Crippen LogP contribution < -0.4 is 4.74 Å². The second-order valence-corrected chi connectivity index (χ2v) is 3.80. The number of ether oxygens (including phenoxy) is 1. The lowest BCUT2D eigenvalue weighted by molar-refractivity contribution is 0.416. The lowest BCUT2D eigenvalue weighted by Crippen LogP contribution is -1.93. The minimum Gasteiger partial charge on any atom is -0.496 e. The molecule has 0 saturated heterocycles. The molecule has 3 nitrogen and oxygen atoms in total. The zero-order valence-electron chi connectivity index (χ0n) is 10.1. The molecule has 4 heteroatoms. The van der Waals surface area contributed by atoms with Crippen molar-refractivity contribution >= 4 is 0 Å². The Hall–Kier alpha value is -2.85. The summed E-state index contributed by atoms with van der Waals surface area (Å²) in [7, 11) is 1.48. The third-order valence-electron chi connectivity index (χ3n) is 2.74. The zero-order chi connectivity index (χ0) is 13.8. The highest BCUT2D eigenvalue weighted by atomic mass is 19.1. The molecule has 0 N–H and O–H groups in total. The van der Waals surface area contributed by atoms with E-state index in [0.717, 1.165) is 0 Å². The molecule has 0 spiro atoms. The molecule has 0 bridgehead atoms. The molecule has 0 radical (unpaired) electrons. The van der Waals surface area contributed by atoms with Crippen LogP contribution in [-0.2, 0) is 0 Å². The highest BCUT2D eigenvalue weighted by molar-refractivity contribution is 5.77. The van der Waals surface area contributed by atoms with E-state index in [1.807, 2.05) is 12.1 Å². The number of hydrogen-bond donors (Lipinski definition) is 0. The maximum Gasteiger partial charge on any atom is 0.141 e. The third-order valence-corrected chi connectivity index (χ3v) is 2.74. The standard InChI is InChI=1S/C15H9FN2O/c1-19-15-6-5-10(8-17)7-12(15)11-3-2-4-14(16)13(11)9-18/h2-7H,1H3. The normalized spacial score (nSPS) is 9.47. The third kappa shape index (κ3) is 2.25. The van der Waals surface area contributed by atoms with Crippen molar-refractivity contribution in [1.29, 1.82) is 10.5 Å². The molecule has 0 unspecified atom stereocenters. The molecule has 0 aliphatic heterocycles. The molecule has 0 saturated carbocycles. The fourth-order valence-corrected chi connectivity index (χ4v) is 1.85. The monoisotopic (exact) mass is 252 g/mol. The maximum absolute atomic E-state index is 13.6. The van der Waals surface area contributed by atoms with E-state index in [1.54, 1.807) is 24.3 Å². The molecule has 92 valence electrons. The van der Waals surface area contributed by atoms with Gasteiger partial charge >= 0.3 is 0 Å². The molecular weight excluding hydrogens is 243 g/mol. The van der Waals surface area contributed by atoms with Gasteiger partial charge in [-0.05, 0) is 24.3 Å². The van der Waals surface area contributed by atoms with Gasteiger partial charge in [0.05, 0.1) is 24.3 Å². The van der Waals surface area contributed by atoms with E-state index in [0.29, 0.717) is 22.4 Å². The predicted molar refractivity (Wildman–Crippen MR) is 67.8 cm³/mol. The van der Waals surface area contributed by atoms with Crippen molar-refractivity contribution < 1.29 is 9.13 Å². The summed E-state index contributed by atoms with van der Waals surface area (Å²) in [6.45, 7) is 0. The lowest BCUT2D eigenvalue weighted by atomic mass is 9.97. The Labute approximate surface area is 110 Å². The van der Waals surface area contributed by atoms with Gasteiger partial charge in [-0.3, -0.25) is 0 Å². The topological polar surface area (TPSA) is 56.8 Å². The number of hydrogen-bond acceptors (Lipinski definition) is 3. The maximum atomic E-state index is 13.6. The number of benzene rings is 2. The average molecular weight is 252 g/mol. The summed E-state index contributed by atoms with van der Waals surface area (Å²) in [6.07, 6.45) is 0. The Kier molecular flexibility index (Phi) is 3.45. The van der Waals surface area contributed by atoms with Crippen LogP contribution in [0.1, 0.15) is 11.1 Å². The first-order valence-corrected chi connectivity index (χ1v) is 5.48. The van der Waals surface area contributed by atoms with E-state index >= 15 is 0 Å². The molecule has 0 aromatic heterocycles. The quantitative estimate of drug-likeness (QED) is 0.824. The predicted octanol–water partition coefficient (Wildman–Crippen LogP) is 3.24. The zero-order valence-corrected chi connectivity index (χ0v) is 10.1. The Bertz CT molecular complexity index is 711. The summed E-state index contributed by atoms with van der Waals surface area (Å²) in [6, 6.07) is 13.0. The molecule has 0 fully saturated rings. The fourth-order valence-electron chi connectivity index (χ4n) is 1.85. The molecule has 0 aliphatic rings. The van der Waals surface area contributed by atoms with Crippen molar-refractivity contribution in [1.82, 2.24) is 0 Å². The SMILES string of the molecule is COc1ccc(C#N)cc1-c1cccc(F)c1C#N. The Morgan fingerprint density at radius 2 is 1.84 bits per heavy atom. The first-order chi connectivity index (χ1) is 9.21. The van der Waals surface area contributed by atoms with Gasteiger partial charge in [0.2, 0.25) is 0 Å².